The smallest absolute Gasteiger partial charge is 0.243 e. The second-order valence-electron chi connectivity index (χ2n) is 9.05. The van der Waals surface area contributed by atoms with Crippen LogP contribution in [0, 0.1) is 0 Å². The maximum atomic E-state index is 12.8. The number of hydrogen-bond donors (Lipinski definition) is 1. The van der Waals surface area contributed by atoms with Crippen LogP contribution in [0.5, 0.6) is 5.75 Å². The average Bonchev–Trinajstić information content (AvgIpc) is 3.24. The van der Waals surface area contributed by atoms with E-state index in [9.17, 15) is 13.2 Å². The number of piperazine rings is 1. The van der Waals surface area contributed by atoms with Crippen LogP contribution in [0.4, 0.5) is 0 Å². The van der Waals surface area contributed by atoms with Crippen molar-refractivity contribution in [2.24, 2.45) is 0 Å². The van der Waals surface area contributed by atoms with Crippen LogP contribution in [0.25, 0.3) is 0 Å². The summed E-state index contributed by atoms with van der Waals surface area (Å²) in [6, 6.07) is 17.0. The van der Waals surface area contributed by atoms with Crippen LogP contribution in [-0.4, -0.2) is 87.4 Å². The fourth-order valence-corrected chi connectivity index (χ4v) is 5.97. The predicted molar refractivity (Wildman–Crippen MR) is 131 cm³/mol. The maximum absolute atomic E-state index is 12.8. The molecular formula is C25H34N4O4S. The van der Waals surface area contributed by atoms with Crippen LogP contribution >= 0.6 is 0 Å². The van der Waals surface area contributed by atoms with Gasteiger partial charge in [-0.3, -0.25) is 9.69 Å². The molecule has 184 valence electrons. The number of likely N-dealkylation sites (N-methyl/N-ethyl adjacent to an activating group) is 1. The van der Waals surface area contributed by atoms with Gasteiger partial charge in [0.1, 0.15) is 12.4 Å². The minimum Gasteiger partial charge on any atom is -0.492 e. The Balaban J connectivity index is 1.19. The maximum Gasteiger partial charge on any atom is 0.243 e. The molecule has 9 heteroatoms. The number of ether oxygens (including phenoxy) is 1. The Kier molecular flexibility index (Phi) is 8.20. The number of carbonyl (C=O) groups is 1. The van der Waals surface area contributed by atoms with Gasteiger partial charge in [0.15, 0.2) is 0 Å². The molecule has 0 radical (unpaired) electrons. The molecule has 2 aliphatic heterocycles. The lowest BCUT2D eigenvalue weighted by molar-refractivity contribution is -0.119. The van der Waals surface area contributed by atoms with Gasteiger partial charge in [-0.2, -0.15) is 4.31 Å². The summed E-state index contributed by atoms with van der Waals surface area (Å²) in [5, 5.41) is 3.01. The summed E-state index contributed by atoms with van der Waals surface area (Å²) in [6.45, 7) is 5.30. The van der Waals surface area contributed by atoms with Gasteiger partial charge in [-0.1, -0.05) is 30.3 Å². The van der Waals surface area contributed by atoms with E-state index < -0.39 is 10.0 Å². The lowest BCUT2D eigenvalue weighted by Gasteiger charge is -2.33. The molecule has 1 atom stereocenters. The van der Waals surface area contributed by atoms with Crippen LogP contribution in [-0.2, 0) is 21.4 Å². The number of rotatable bonds is 10. The molecule has 2 fully saturated rings. The molecular weight excluding hydrogens is 452 g/mol. The van der Waals surface area contributed by atoms with Gasteiger partial charge in [-0.15, -0.1) is 0 Å². The van der Waals surface area contributed by atoms with E-state index in [-0.39, 0.29) is 11.9 Å². The third-order valence-electron chi connectivity index (χ3n) is 6.36. The Hall–Kier alpha value is -2.46. The molecule has 0 bridgehead atoms. The molecule has 2 saturated heterocycles. The third kappa shape index (κ3) is 6.56. The molecule has 2 aromatic carbocycles. The van der Waals surface area contributed by atoms with Crippen molar-refractivity contribution in [3.8, 4) is 5.75 Å². The van der Waals surface area contributed by atoms with Crippen LogP contribution < -0.4 is 10.1 Å². The van der Waals surface area contributed by atoms with E-state index in [1.165, 1.54) is 5.56 Å². The highest BCUT2D eigenvalue weighted by Crippen LogP contribution is 2.18. The molecule has 0 aliphatic carbocycles. The molecule has 1 amide bonds. The summed E-state index contributed by atoms with van der Waals surface area (Å²) in [5.74, 6) is 0.985. The number of amides is 1. The van der Waals surface area contributed by atoms with Gasteiger partial charge >= 0.3 is 0 Å². The molecule has 2 aliphatic rings. The number of nitrogens with zero attached hydrogens (tertiary/aromatic N) is 3. The molecule has 2 heterocycles. The summed E-state index contributed by atoms with van der Waals surface area (Å²) in [7, 11) is -1.36. The molecule has 0 saturated carbocycles. The number of sulfonamides is 1. The van der Waals surface area contributed by atoms with Crippen molar-refractivity contribution in [2.45, 2.75) is 30.3 Å². The molecule has 0 spiro atoms. The zero-order valence-corrected chi connectivity index (χ0v) is 20.5. The summed E-state index contributed by atoms with van der Waals surface area (Å²) >= 11 is 0. The van der Waals surface area contributed by atoms with E-state index in [1.807, 2.05) is 18.2 Å². The first-order chi connectivity index (χ1) is 16.4. The van der Waals surface area contributed by atoms with Crippen molar-refractivity contribution in [2.75, 3.05) is 52.9 Å². The topological polar surface area (TPSA) is 82.2 Å². The SMILES string of the molecule is CN(Cc1cccc(OCCN2CCN(S(=O)(=O)c3ccccc3)CC2)c1)C[C@H]1CCC(=O)N1. The highest BCUT2D eigenvalue weighted by atomic mass is 32.2. The van der Waals surface area contributed by atoms with Gasteiger partial charge < -0.3 is 15.0 Å². The number of carbonyl (C=O) groups excluding carboxylic acids is 1. The molecule has 1 N–H and O–H groups in total. The Morgan fingerprint density at radius 1 is 1.06 bits per heavy atom. The van der Waals surface area contributed by atoms with Crippen molar-refractivity contribution in [1.82, 2.24) is 19.4 Å². The molecule has 0 unspecified atom stereocenters. The highest BCUT2D eigenvalue weighted by Gasteiger charge is 2.28. The van der Waals surface area contributed by atoms with Gasteiger partial charge in [0, 0.05) is 58.3 Å². The van der Waals surface area contributed by atoms with E-state index in [0.717, 1.165) is 31.8 Å². The fourth-order valence-electron chi connectivity index (χ4n) is 4.53. The Morgan fingerprint density at radius 3 is 2.53 bits per heavy atom. The fraction of sp³-hybridized carbons (Fsp3) is 0.480. The summed E-state index contributed by atoms with van der Waals surface area (Å²) in [4.78, 5) is 16.2. The number of hydrogen-bond acceptors (Lipinski definition) is 6. The molecule has 8 nitrogen and oxygen atoms in total. The van der Waals surface area contributed by atoms with Crippen LogP contribution in [0.3, 0.4) is 0 Å². The summed E-state index contributed by atoms with van der Waals surface area (Å²) < 4.78 is 33.1. The van der Waals surface area contributed by atoms with Crippen molar-refractivity contribution in [3.63, 3.8) is 0 Å². The van der Waals surface area contributed by atoms with E-state index in [1.54, 1.807) is 28.6 Å². The Morgan fingerprint density at radius 2 is 1.82 bits per heavy atom. The molecule has 34 heavy (non-hydrogen) atoms. The second-order valence-corrected chi connectivity index (χ2v) is 11.0. The standard InChI is InChI=1S/C25H34N4O4S/c1-27(20-22-10-11-25(30)26-22)19-21-6-5-7-23(18-21)33-17-16-28-12-14-29(15-13-28)34(31,32)24-8-3-2-4-9-24/h2-9,18,22H,10-17,19-20H2,1H3,(H,26,30)/t22-/m1/s1. The number of benzene rings is 2. The minimum absolute atomic E-state index is 0.146. The monoisotopic (exact) mass is 486 g/mol. The van der Waals surface area contributed by atoms with Crippen molar-refractivity contribution in [3.05, 3.63) is 60.2 Å². The van der Waals surface area contributed by atoms with Gasteiger partial charge in [0.25, 0.3) is 0 Å². The Labute approximate surface area is 202 Å². The van der Waals surface area contributed by atoms with Gasteiger partial charge in [0.05, 0.1) is 4.90 Å². The van der Waals surface area contributed by atoms with Gasteiger partial charge in [0.2, 0.25) is 15.9 Å². The summed E-state index contributed by atoms with van der Waals surface area (Å²) in [5.41, 5.74) is 1.17. The van der Waals surface area contributed by atoms with Crippen LogP contribution in [0.2, 0.25) is 0 Å². The summed E-state index contributed by atoms with van der Waals surface area (Å²) in [6.07, 6.45) is 1.53. The predicted octanol–water partition coefficient (Wildman–Crippen LogP) is 1.78. The van der Waals surface area contributed by atoms with E-state index in [0.29, 0.717) is 44.1 Å². The van der Waals surface area contributed by atoms with Crippen molar-refractivity contribution in [1.29, 1.82) is 0 Å². The zero-order chi connectivity index (χ0) is 24.0. The van der Waals surface area contributed by atoms with Crippen LogP contribution in [0.15, 0.2) is 59.5 Å². The quantitative estimate of drug-likeness (QED) is 0.551. The second kappa shape index (κ2) is 11.3. The normalized spacial score (nSPS) is 19.9. The van der Waals surface area contributed by atoms with Gasteiger partial charge in [-0.25, -0.2) is 8.42 Å². The lowest BCUT2D eigenvalue weighted by Crippen LogP contribution is -2.49. The van der Waals surface area contributed by atoms with Crippen molar-refractivity contribution >= 4 is 15.9 Å². The van der Waals surface area contributed by atoms with E-state index in [2.05, 4.69) is 34.3 Å². The molecule has 2 aromatic rings. The van der Waals surface area contributed by atoms with Gasteiger partial charge in [-0.05, 0) is 43.3 Å². The highest BCUT2D eigenvalue weighted by molar-refractivity contribution is 7.89. The van der Waals surface area contributed by atoms with Crippen molar-refractivity contribution < 1.29 is 17.9 Å². The minimum atomic E-state index is -3.42. The van der Waals surface area contributed by atoms with E-state index >= 15 is 0 Å². The Bertz CT molecular complexity index is 1060. The lowest BCUT2D eigenvalue weighted by atomic mass is 10.1. The van der Waals surface area contributed by atoms with Crippen LogP contribution in [0.1, 0.15) is 18.4 Å². The largest absolute Gasteiger partial charge is 0.492 e. The molecule has 4 rings (SSSR count). The zero-order valence-electron chi connectivity index (χ0n) is 19.7. The third-order valence-corrected chi connectivity index (χ3v) is 8.27. The average molecular weight is 487 g/mol. The first kappa shape index (κ1) is 24.7. The molecule has 0 aromatic heterocycles. The first-order valence-electron chi connectivity index (χ1n) is 11.9. The number of nitrogens with one attached hydrogen (secondary N) is 1. The van der Waals surface area contributed by atoms with E-state index in [4.69, 9.17) is 4.74 Å². The first-order valence-corrected chi connectivity index (χ1v) is 13.3.